The second kappa shape index (κ2) is 5.03. The van der Waals surface area contributed by atoms with E-state index < -0.39 is 6.10 Å². The summed E-state index contributed by atoms with van der Waals surface area (Å²) in [7, 11) is 0. The van der Waals surface area contributed by atoms with Crippen LogP contribution < -0.4 is 0 Å². The maximum atomic E-state index is 11.6. The minimum atomic E-state index is -0.901. The number of benzene rings is 1. The van der Waals surface area contributed by atoms with Crippen LogP contribution in [0.15, 0.2) is 23.8 Å². The van der Waals surface area contributed by atoms with Gasteiger partial charge in [0.2, 0.25) is 0 Å². The molecule has 0 saturated carbocycles. The Balaban J connectivity index is 2.43. The predicted octanol–water partition coefficient (Wildman–Crippen LogP) is 3.03. The number of allylic oxidation sites excluding steroid dienone is 1. The van der Waals surface area contributed by atoms with E-state index in [9.17, 15) is 9.90 Å². The number of aliphatic hydroxyl groups is 1. The Morgan fingerprint density at radius 2 is 2.29 bits per heavy atom. The summed E-state index contributed by atoms with van der Waals surface area (Å²) in [5, 5.41) is 10.8. The summed E-state index contributed by atoms with van der Waals surface area (Å²) in [5.74, 6) is 0.0171. The van der Waals surface area contributed by atoms with Gasteiger partial charge in [0, 0.05) is 22.6 Å². The van der Waals surface area contributed by atoms with Gasteiger partial charge in [0.1, 0.15) is 6.10 Å². The summed E-state index contributed by atoms with van der Waals surface area (Å²) in [5.41, 5.74) is 2.06. The third-order valence-electron chi connectivity index (χ3n) is 3.08. The predicted molar refractivity (Wildman–Crippen MR) is 66.9 cm³/mol. The Morgan fingerprint density at radius 3 is 2.88 bits per heavy atom. The van der Waals surface area contributed by atoms with Crippen molar-refractivity contribution in [3.05, 3.63) is 46.0 Å². The Hall–Kier alpha value is -1.12. The van der Waals surface area contributed by atoms with E-state index in [0.717, 1.165) is 12.0 Å². The van der Waals surface area contributed by atoms with E-state index >= 15 is 0 Å². The van der Waals surface area contributed by atoms with Gasteiger partial charge in [-0.15, -0.1) is 0 Å². The maximum Gasteiger partial charge on any atom is 0.161 e. The highest BCUT2D eigenvalue weighted by molar-refractivity contribution is 6.31. The normalized spacial score (nSPS) is 17.1. The molecule has 1 N–H and O–H groups in total. The van der Waals surface area contributed by atoms with Crippen molar-refractivity contribution < 1.29 is 9.90 Å². The first-order valence-electron chi connectivity index (χ1n) is 5.74. The molecule has 1 aliphatic rings. The number of rotatable bonds is 3. The van der Waals surface area contributed by atoms with Crippen LogP contribution in [-0.4, -0.2) is 10.9 Å². The van der Waals surface area contributed by atoms with Crippen LogP contribution >= 0.6 is 11.6 Å². The summed E-state index contributed by atoms with van der Waals surface area (Å²) in [6.45, 7) is 1.99. The minimum absolute atomic E-state index is 0.0171. The number of hydrogen-bond acceptors (Lipinski definition) is 2. The van der Waals surface area contributed by atoms with Crippen LogP contribution in [0.2, 0.25) is 5.02 Å². The molecule has 0 aliphatic heterocycles. The summed E-state index contributed by atoms with van der Waals surface area (Å²) < 4.78 is 0. The zero-order valence-electron chi connectivity index (χ0n) is 9.66. The molecule has 0 heterocycles. The second-order valence-electron chi connectivity index (χ2n) is 4.12. The van der Waals surface area contributed by atoms with Crippen LogP contribution in [0.3, 0.4) is 0 Å². The van der Waals surface area contributed by atoms with Gasteiger partial charge in [0.25, 0.3) is 0 Å². The molecule has 1 aliphatic carbocycles. The summed E-state index contributed by atoms with van der Waals surface area (Å²) in [6.07, 6.45) is 2.86. The van der Waals surface area contributed by atoms with Gasteiger partial charge in [0.05, 0.1) is 0 Å². The van der Waals surface area contributed by atoms with Gasteiger partial charge < -0.3 is 5.11 Å². The molecule has 2 rings (SSSR count). The monoisotopic (exact) mass is 249 g/mol. The number of aryl methyl sites for hydroxylation is 1. The highest BCUT2D eigenvalue weighted by Crippen LogP contribution is 2.34. The number of carbonyl (C=O) groups is 1. The highest BCUT2D eigenvalue weighted by atomic mass is 35.5. The molecule has 1 atom stereocenters. The number of ketones is 1. The fourth-order valence-electron chi connectivity index (χ4n) is 2.16. The average molecular weight is 250 g/mol. The van der Waals surface area contributed by atoms with E-state index in [2.05, 4.69) is 6.07 Å². The summed E-state index contributed by atoms with van der Waals surface area (Å²) in [4.78, 5) is 11.6. The van der Waals surface area contributed by atoms with Crippen LogP contribution in [0, 0.1) is 6.07 Å². The van der Waals surface area contributed by atoms with E-state index in [4.69, 9.17) is 11.6 Å². The van der Waals surface area contributed by atoms with Gasteiger partial charge in [-0.1, -0.05) is 30.7 Å². The molecular formula is C14H14ClO2. The average Bonchev–Trinajstić information content (AvgIpc) is 2.74. The van der Waals surface area contributed by atoms with Crippen molar-refractivity contribution >= 4 is 17.4 Å². The lowest BCUT2D eigenvalue weighted by Gasteiger charge is -2.17. The van der Waals surface area contributed by atoms with Gasteiger partial charge in [-0.05, 0) is 30.5 Å². The topological polar surface area (TPSA) is 37.3 Å². The smallest absolute Gasteiger partial charge is 0.161 e. The molecule has 0 aromatic heterocycles. The Kier molecular flexibility index (Phi) is 3.65. The zero-order chi connectivity index (χ0) is 12.4. The van der Waals surface area contributed by atoms with Crippen molar-refractivity contribution in [2.45, 2.75) is 32.3 Å². The van der Waals surface area contributed by atoms with Gasteiger partial charge in [-0.25, -0.2) is 0 Å². The van der Waals surface area contributed by atoms with Crippen molar-refractivity contribution in [2.24, 2.45) is 0 Å². The number of Topliss-reactive ketones (excluding diaryl/α,β-unsaturated/α-hetero) is 1. The lowest BCUT2D eigenvalue weighted by atomic mass is 9.94. The molecule has 0 spiro atoms. The van der Waals surface area contributed by atoms with E-state index in [1.165, 1.54) is 0 Å². The van der Waals surface area contributed by atoms with E-state index in [0.29, 0.717) is 29.0 Å². The first-order valence-corrected chi connectivity index (χ1v) is 6.12. The molecule has 1 unspecified atom stereocenters. The fourth-order valence-corrected chi connectivity index (χ4v) is 2.45. The molecule has 2 nitrogen and oxygen atoms in total. The molecule has 1 radical (unpaired) electrons. The van der Waals surface area contributed by atoms with Gasteiger partial charge in [0.15, 0.2) is 5.78 Å². The minimum Gasteiger partial charge on any atom is -0.383 e. The fraction of sp³-hybridized carbons (Fsp3) is 0.357. The van der Waals surface area contributed by atoms with Crippen molar-refractivity contribution in [3.63, 3.8) is 0 Å². The molecule has 3 heteroatoms. The van der Waals surface area contributed by atoms with Crippen LogP contribution in [0.5, 0.6) is 0 Å². The van der Waals surface area contributed by atoms with E-state index in [-0.39, 0.29) is 5.78 Å². The second-order valence-corrected chi connectivity index (χ2v) is 4.53. The van der Waals surface area contributed by atoms with Gasteiger partial charge in [-0.3, -0.25) is 4.79 Å². The highest BCUT2D eigenvalue weighted by Gasteiger charge is 2.26. The van der Waals surface area contributed by atoms with Crippen molar-refractivity contribution in [3.8, 4) is 0 Å². The molecule has 1 aromatic carbocycles. The maximum absolute atomic E-state index is 11.6. The lowest BCUT2D eigenvalue weighted by molar-refractivity contribution is -0.115. The lowest BCUT2D eigenvalue weighted by Crippen LogP contribution is -2.10. The van der Waals surface area contributed by atoms with Crippen molar-refractivity contribution in [2.75, 3.05) is 0 Å². The van der Waals surface area contributed by atoms with Crippen molar-refractivity contribution in [1.82, 2.24) is 0 Å². The third-order valence-corrected chi connectivity index (χ3v) is 3.39. The Morgan fingerprint density at radius 1 is 1.53 bits per heavy atom. The Bertz CT molecular complexity index is 477. The van der Waals surface area contributed by atoms with Crippen LogP contribution in [0.4, 0.5) is 0 Å². The molecule has 1 aromatic rings. The molecule has 0 bridgehead atoms. The Labute approximate surface area is 106 Å². The number of aliphatic hydroxyl groups excluding tert-OH is 1. The SMILES string of the molecule is CCc1c[c]cc(Cl)c1C(O)C1=CCCC1=O. The van der Waals surface area contributed by atoms with Crippen LogP contribution in [0.25, 0.3) is 0 Å². The van der Waals surface area contributed by atoms with Crippen LogP contribution in [-0.2, 0) is 11.2 Å². The van der Waals surface area contributed by atoms with E-state index in [1.54, 1.807) is 12.1 Å². The van der Waals surface area contributed by atoms with Crippen molar-refractivity contribution in [1.29, 1.82) is 0 Å². The third kappa shape index (κ3) is 2.28. The number of carbonyl (C=O) groups excluding carboxylic acids is 1. The molecule has 17 heavy (non-hydrogen) atoms. The van der Waals surface area contributed by atoms with Gasteiger partial charge in [-0.2, -0.15) is 0 Å². The standard InChI is InChI=1S/C14H14ClO2/c1-2-9-5-3-7-11(15)13(9)14(17)10-6-4-8-12(10)16/h5-7,14,17H,2,4,8H2,1H3. The van der Waals surface area contributed by atoms with Crippen LogP contribution in [0.1, 0.15) is 37.0 Å². The summed E-state index contributed by atoms with van der Waals surface area (Å²) in [6, 6.07) is 6.36. The van der Waals surface area contributed by atoms with Gasteiger partial charge >= 0.3 is 0 Å². The molecular weight excluding hydrogens is 236 g/mol. The molecule has 0 saturated heterocycles. The quantitative estimate of drug-likeness (QED) is 0.894. The molecule has 89 valence electrons. The van der Waals surface area contributed by atoms with E-state index in [1.807, 2.05) is 13.0 Å². The first-order chi connectivity index (χ1) is 8.15. The number of halogens is 1. The number of hydrogen-bond donors (Lipinski definition) is 1. The molecule has 0 fully saturated rings. The first kappa shape index (κ1) is 12.3. The largest absolute Gasteiger partial charge is 0.383 e. The zero-order valence-corrected chi connectivity index (χ0v) is 10.4. The summed E-state index contributed by atoms with van der Waals surface area (Å²) >= 11 is 6.10. The molecule has 0 amide bonds.